The quantitative estimate of drug-likeness (QED) is 0.587. The number of aliphatic carboxylic acids is 2. The maximum atomic E-state index is 11.3. The summed E-state index contributed by atoms with van der Waals surface area (Å²) in [6.07, 6.45) is -0.198. The summed E-state index contributed by atoms with van der Waals surface area (Å²) in [7, 11) is 0. The Balaban J connectivity index is 2.23. The number of aromatic carboxylic acids is 1. The molecule has 0 unspecified atom stereocenters. The molecule has 0 aliphatic carbocycles. The van der Waals surface area contributed by atoms with E-state index >= 15 is 0 Å². The summed E-state index contributed by atoms with van der Waals surface area (Å²) in [6.45, 7) is 0.000908. The Labute approximate surface area is 125 Å². The molecule has 1 saturated heterocycles. The van der Waals surface area contributed by atoms with Crippen LogP contribution in [0.25, 0.3) is 0 Å². The van der Waals surface area contributed by atoms with Gasteiger partial charge in [-0.2, -0.15) is 0 Å². The first-order valence-corrected chi connectivity index (χ1v) is 6.54. The van der Waals surface area contributed by atoms with Crippen LogP contribution >= 0.6 is 0 Å². The molecule has 0 radical (unpaired) electrons. The van der Waals surface area contributed by atoms with E-state index in [0.29, 0.717) is 5.56 Å². The van der Waals surface area contributed by atoms with Crippen LogP contribution in [0.5, 0.6) is 0 Å². The third kappa shape index (κ3) is 3.07. The maximum absolute atomic E-state index is 11.3. The van der Waals surface area contributed by atoms with Gasteiger partial charge in [-0.15, -0.1) is 0 Å². The molecule has 0 bridgehead atoms. The van der Waals surface area contributed by atoms with Crippen LogP contribution < -0.4 is 5.73 Å². The summed E-state index contributed by atoms with van der Waals surface area (Å²) < 4.78 is 0. The molecule has 1 aliphatic heterocycles. The Hall–Kier alpha value is -2.45. The zero-order valence-corrected chi connectivity index (χ0v) is 11.6. The van der Waals surface area contributed by atoms with Gasteiger partial charge in [0, 0.05) is 19.5 Å². The van der Waals surface area contributed by atoms with E-state index in [-0.39, 0.29) is 25.1 Å². The van der Waals surface area contributed by atoms with Crippen molar-refractivity contribution in [1.82, 2.24) is 4.90 Å². The van der Waals surface area contributed by atoms with Gasteiger partial charge in [0.15, 0.2) is 0 Å². The lowest BCUT2D eigenvalue weighted by Gasteiger charge is -2.22. The minimum atomic E-state index is -1.62. The lowest BCUT2D eigenvalue weighted by molar-refractivity contribution is -0.142. The smallest absolute Gasteiger partial charge is 0.335 e. The summed E-state index contributed by atoms with van der Waals surface area (Å²) >= 11 is 0. The number of nitrogens with two attached hydrogens (primary N) is 1. The van der Waals surface area contributed by atoms with Crippen LogP contribution in [0, 0.1) is 0 Å². The second-order valence-corrected chi connectivity index (χ2v) is 5.43. The first-order valence-electron chi connectivity index (χ1n) is 6.54. The van der Waals surface area contributed by atoms with E-state index in [9.17, 15) is 19.5 Å². The molecule has 2 atom stereocenters. The van der Waals surface area contributed by atoms with Crippen LogP contribution in [-0.2, 0) is 16.1 Å². The topological polar surface area (TPSA) is 141 Å². The highest BCUT2D eigenvalue weighted by Gasteiger charge is 2.49. The van der Waals surface area contributed by atoms with Gasteiger partial charge in [-0.1, -0.05) is 12.1 Å². The molecule has 0 amide bonds. The van der Waals surface area contributed by atoms with Gasteiger partial charge in [-0.3, -0.25) is 14.5 Å². The van der Waals surface area contributed by atoms with E-state index in [2.05, 4.69) is 0 Å². The number of carboxylic acids is 3. The van der Waals surface area contributed by atoms with Gasteiger partial charge in [-0.25, -0.2) is 4.79 Å². The molecule has 8 heteroatoms. The number of hydrogen-bond acceptors (Lipinski definition) is 5. The van der Waals surface area contributed by atoms with Crippen LogP contribution in [0.2, 0.25) is 0 Å². The van der Waals surface area contributed by atoms with Gasteiger partial charge < -0.3 is 21.1 Å². The van der Waals surface area contributed by atoms with Gasteiger partial charge >= 0.3 is 17.9 Å². The summed E-state index contributed by atoms with van der Waals surface area (Å²) in [6, 6.07) is 5.04. The number of carbonyl (C=O) groups is 3. The molecular weight excluding hydrogens is 292 g/mol. The van der Waals surface area contributed by atoms with Crippen molar-refractivity contribution in [2.45, 2.75) is 24.5 Å². The van der Waals surface area contributed by atoms with Gasteiger partial charge in [0.2, 0.25) is 0 Å². The van der Waals surface area contributed by atoms with Gasteiger partial charge in [0.1, 0.15) is 11.6 Å². The molecule has 1 aromatic rings. The Kier molecular flexibility index (Phi) is 4.16. The van der Waals surface area contributed by atoms with Crippen LogP contribution in [0.4, 0.5) is 0 Å². The number of carboxylic acid groups (broad SMARTS) is 3. The molecule has 8 nitrogen and oxygen atoms in total. The van der Waals surface area contributed by atoms with Crippen molar-refractivity contribution in [2.75, 3.05) is 6.54 Å². The monoisotopic (exact) mass is 308 g/mol. The second kappa shape index (κ2) is 5.74. The number of nitrogens with zero attached hydrogens (tertiary/aromatic N) is 1. The van der Waals surface area contributed by atoms with E-state index < -0.39 is 29.5 Å². The third-order valence-electron chi connectivity index (χ3n) is 3.75. The van der Waals surface area contributed by atoms with Gasteiger partial charge in [0.05, 0.1) is 5.56 Å². The van der Waals surface area contributed by atoms with Gasteiger partial charge in [-0.05, 0) is 17.7 Å². The van der Waals surface area contributed by atoms with Crippen LogP contribution in [0.15, 0.2) is 24.3 Å². The Morgan fingerprint density at radius 3 is 2.50 bits per heavy atom. The summed E-state index contributed by atoms with van der Waals surface area (Å²) in [5, 5.41) is 27.3. The van der Waals surface area contributed by atoms with E-state index in [4.69, 9.17) is 15.9 Å². The predicted molar refractivity (Wildman–Crippen MR) is 74.4 cm³/mol. The molecule has 1 fully saturated rings. The summed E-state index contributed by atoms with van der Waals surface area (Å²) in [5.41, 5.74) is 4.80. The zero-order valence-electron chi connectivity index (χ0n) is 11.6. The highest BCUT2D eigenvalue weighted by molar-refractivity contribution is 5.87. The normalized spacial score (nSPS) is 25.0. The van der Waals surface area contributed by atoms with Crippen LogP contribution in [0.1, 0.15) is 22.3 Å². The number of benzene rings is 1. The van der Waals surface area contributed by atoms with E-state index in [0.717, 1.165) is 0 Å². The molecular formula is C14H16N2O6. The first-order chi connectivity index (χ1) is 10.2. The highest BCUT2D eigenvalue weighted by atomic mass is 16.4. The standard InChI is InChI=1S/C14H16N2O6/c15-14(13(21)22)5-10(12(19)20)16(7-14)6-8-2-1-3-9(4-8)11(17)18/h1-4,10H,5-7,15H2,(H,17,18)(H,19,20)(H,21,22)/t10-,14+/m1/s1. The molecule has 0 saturated carbocycles. The Bertz CT molecular complexity index is 632. The zero-order chi connectivity index (χ0) is 16.5. The van der Waals surface area contributed by atoms with Crippen molar-refractivity contribution >= 4 is 17.9 Å². The van der Waals surface area contributed by atoms with E-state index in [1.165, 1.54) is 17.0 Å². The lowest BCUT2D eigenvalue weighted by atomic mass is 9.98. The third-order valence-corrected chi connectivity index (χ3v) is 3.75. The summed E-state index contributed by atoms with van der Waals surface area (Å²) in [5.74, 6) is -3.49. The average Bonchev–Trinajstić information content (AvgIpc) is 2.78. The molecule has 0 aromatic heterocycles. The van der Waals surface area contributed by atoms with Crippen LogP contribution in [-0.4, -0.2) is 56.3 Å². The van der Waals surface area contributed by atoms with Crippen molar-refractivity contribution in [3.05, 3.63) is 35.4 Å². The van der Waals surface area contributed by atoms with Gasteiger partial charge in [0.25, 0.3) is 0 Å². The lowest BCUT2D eigenvalue weighted by Crippen LogP contribution is -2.50. The van der Waals surface area contributed by atoms with Crippen molar-refractivity contribution in [2.24, 2.45) is 5.73 Å². The van der Waals surface area contributed by atoms with Crippen molar-refractivity contribution in [3.8, 4) is 0 Å². The fourth-order valence-corrected chi connectivity index (χ4v) is 2.61. The first kappa shape index (κ1) is 15.9. The maximum Gasteiger partial charge on any atom is 0.335 e. The van der Waals surface area contributed by atoms with Crippen molar-refractivity contribution in [3.63, 3.8) is 0 Å². The molecule has 1 heterocycles. The van der Waals surface area contributed by atoms with Crippen molar-refractivity contribution in [1.29, 1.82) is 0 Å². The molecule has 2 rings (SSSR count). The molecule has 118 valence electrons. The number of rotatable bonds is 5. The Morgan fingerprint density at radius 1 is 1.27 bits per heavy atom. The molecule has 1 aliphatic rings. The fraction of sp³-hybridized carbons (Fsp3) is 0.357. The number of likely N-dealkylation sites (tertiary alicyclic amines) is 1. The Morgan fingerprint density at radius 2 is 1.95 bits per heavy atom. The average molecular weight is 308 g/mol. The fourth-order valence-electron chi connectivity index (χ4n) is 2.61. The van der Waals surface area contributed by atoms with E-state index in [1.54, 1.807) is 12.1 Å². The molecule has 22 heavy (non-hydrogen) atoms. The van der Waals surface area contributed by atoms with Crippen LogP contribution in [0.3, 0.4) is 0 Å². The second-order valence-electron chi connectivity index (χ2n) is 5.43. The van der Waals surface area contributed by atoms with Crippen molar-refractivity contribution < 1.29 is 29.7 Å². The highest BCUT2D eigenvalue weighted by Crippen LogP contribution is 2.27. The summed E-state index contributed by atoms with van der Waals surface area (Å²) in [4.78, 5) is 34.9. The largest absolute Gasteiger partial charge is 0.480 e. The molecule has 1 aromatic carbocycles. The minimum absolute atomic E-state index is 0.0841. The SMILES string of the molecule is N[C@@]1(C(=O)O)C[C@H](C(=O)O)N(Cc2cccc(C(=O)O)c2)C1. The molecule has 5 N–H and O–H groups in total. The predicted octanol–water partition coefficient (Wildman–Crippen LogP) is -0.174. The van der Waals surface area contributed by atoms with E-state index in [1.807, 2.05) is 0 Å². The minimum Gasteiger partial charge on any atom is -0.480 e. The number of hydrogen-bond donors (Lipinski definition) is 4. The molecule has 0 spiro atoms.